The topological polar surface area (TPSA) is 51.2 Å². The van der Waals surface area contributed by atoms with Crippen LogP contribution in [0.3, 0.4) is 0 Å². The summed E-state index contributed by atoms with van der Waals surface area (Å²) in [7, 11) is 0. The van der Waals surface area contributed by atoms with Gasteiger partial charge in [0.05, 0.1) is 6.61 Å². The summed E-state index contributed by atoms with van der Waals surface area (Å²) in [6, 6.07) is 10.3. The molecule has 21 heavy (non-hydrogen) atoms. The Hall–Kier alpha value is -2.07. The number of nitrogens with one attached hydrogen (secondary N) is 1. The Balaban J connectivity index is 1.96. The minimum absolute atomic E-state index is 0.232. The molecule has 1 aromatic heterocycles. The molecule has 1 heterocycles. The zero-order valence-corrected chi connectivity index (χ0v) is 12.6. The lowest BCUT2D eigenvalue weighted by Crippen LogP contribution is -2.12. The van der Waals surface area contributed by atoms with Crippen LogP contribution in [0.4, 0.5) is 5.82 Å². The van der Waals surface area contributed by atoms with E-state index in [-0.39, 0.29) is 5.91 Å². The highest BCUT2D eigenvalue weighted by Gasteiger charge is 2.07. The van der Waals surface area contributed by atoms with Crippen LogP contribution in [0.25, 0.3) is 0 Å². The molecule has 2 aromatic rings. The van der Waals surface area contributed by atoms with Gasteiger partial charge in [-0.25, -0.2) is 4.98 Å². The molecule has 1 aromatic carbocycles. The fourth-order valence-corrected chi connectivity index (χ4v) is 1.86. The van der Waals surface area contributed by atoms with Crippen LogP contribution in [-0.4, -0.2) is 17.5 Å². The Morgan fingerprint density at radius 1 is 1.29 bits per heavy atom. The molecule has 0 aliphatic heterocycles. The summed E-state index contributed by atoms with van der Waals surface area (Å²) in [5, 5.41) is 3.22. The molecule has 0 spiro atoms. The van der Waals surface area contributed by atoms with Crippen molar-refractivity contribution in [1.82, 2.24) is 4.98 Å². The number of carbonyl (C=O) groups is 1. The normalized spacial score (nSPS) is 10.2. The van der Waals surface area contributed by atoms with E-state index in [2.05, 4.69) is 17.2 Å². The van der Waals surface area contributed by atoms with E-state index in [1.54, 1.807) is 42.6 Å². The average Bonchev–Trinajstić information content (AvgIpc) is 2.48. The minimum Gasteiger partial charge on any atom is -0.494 e. The molecule has 110 valence electrons. The summed E-state index contributed by atoms with van der Waals surface area (Å²) in [4.78, 5) is 16.1. The summed E-state index contributed by atoms with van der Waals surface area (Å²) in [5.74, 6) is 0.960. The van der Waals surface area contributed by atoms with Gasteiger partial charge < -0.3 is 10.1 Å². The molecular formula is C16H17ClN2O2. The van der Waals surface area contributed by atoms with Crippen molar-refractivity contribution in [1.29, 1.82) is 0 Å². The Morgan fingerprint density at radius 3 is 2.71 bits per heavy atom. The van der Waals surface area contributed by atoms with E-state index in [4.69, 9.17) is 16.3 Å². The molecule has 1 amide bonds. The first-order valence-electron chi connectivity index (χ1n) is 6.85. The van der Waals surface area contributed by atoms with Crippen LogP contribution in [0.1, 0.15) is 30.1 Å². The lowest BCUT2D eigenvalue weighted by Gasteiger charge is -2.07. The van der Waals surface area contributed by atoms with Crippen molar-refractivity contribution < 1.29 is 9.53 Å². The Labute approximate surface area is 129 Å². The number of halogens is 1. The second-order valence-electron chi connectivity index (χ2n) is 4.54. The van der Waals surface area contributed by atoms with Gasteiger partial charge in [0.15, 0.2) is 0 Å². The van der Waals surface area contributed by atoms with Crippen LogP contribution < -0.4 is 10.1 Å². The molecule has 0 radical (unpaired) electrons. The van der Waals surface area contributed by atoms with Gasteiger partial charge in [-0.2, -0.15) is 0 Å². The molecule has 0 fully saturated rings. The second kappa shape index (κ2) is 7.64. The number of pyridine rings is 1. The maximum atomic E-state index is 12.1. The summed E-state index contributed by atoms with van der Waals surface area (Å²) >= 11 is 5.85. The van der Waals surface area contributed by atoms with Crippen LogP contribution >= 0.6 is 11.6 Å². The van der Waals surface area contributed by atoms with Gasteiger partial charge >= 0.3 is 0 Å². The molecule has 0 saturated carbocycles. The van der Waals surface area contributed by atoms with Crippen molar-refractivity contribution in [2.24, 2.45) is 0 Å². The summed E-state index contributed by atoms with van der Waals surface area (Å²) in [5.41, 5.74) is 0.541. The fraction of sp³-hybridized carbons (Fsp3) is 0.250. The fourth-order valence-electron chi connectivity index (χ4n) is 1.70. The average molecular weight is 305 g/mol. The molecule has 0 atom stereocenters. The molecular weight excluding hydrogens is 288 g/mol. The predicted octanol–water partition coefficient (Wildman–Crippen LogP) is 4.17. The van der Waals surface area contributed by atoms with E-state index in [9.17, 15) is 4.79 Å². The zero-order valence-electron chi connectivity index (χ0n) is 11.8. The Morgan fingerprint density at radius 2 is 2.05 bits per heavy atom. The van der Waals surface area contributed by atoms with Crippen LogP contribution in [0.15, 0.2) is 42.6 Å². The van der Waals surface area contributed by atoms with Crippen molar-refractivity contribution in [3.05, 3.63) is 53.2 Å². The van der Waals surface area contributed by atoms with Crippen LogP contribution in [0, 0.1) is 0 Å². The standard InChI is InChI=1S/C16H17ClN2O2/c1-2-3-10-21-14-6-4-12(5-7-14)16(20)19-15-11-13(17)8-9-18-15/h4-9,11H,2-3,10H2,1H3,(H,18,19,20). The van der Waals surface area contributed by atoms with E-state index in [1.165, 1.54) is 0 Å². The molecule has 4 nitrogen and oxygen atoms in total. The highest BCUT2D eigenvalue weighted by Crippen LogP contribution is 2.15. The third kappa shape index (κ3) is 4.76. The summed E-state index contributed by atoms with van der Waals surface area (Å²) in [6.45, 7) is 2.80. The number of aromatic nitrogens is 1. The van der Waals surface area contributed by atoms with Gasteiger partial charge in [0.25, 0.3) is 5.91 Å². The van der Waals surface area contributed by atoms with Gasteiger partial charge in [-0.3, -0.25) is 4.79 Å². The number of ether oxygens (including phenoxy) is 1. The number of benzene rings is 1. The number of anilines is 1. The smallest absolute Gasteiger partial charge is 0.256 e. The molecule has 2 rings (SSSR count). The zero-order chi connectivity index (χ0) is 15.1. The number of nitrogens with zero attached hydrogens (tertiary/aromatic N) is 1. The summed E-state index contributed by atoms with van der Waals surface area (Å²) < 4.78 is 5.55. The maximum absolute atomic E-state index is 12.1. The highest BCUT2D eigenvalue weighted by atomic mass is 35.5. The van der Waals surface area contributed by atoms with Gasteiger partial charge in [0.1, 0.15) is 11.6 Å². The van der Waals surface area contributed by atoms with Gasteiger partial charge in [-0.15, -0.1) is 0 Å². The van der Waals surface area contributed by atoms with E-state index < -0.39 is 0 Å². The van der Waals surface area contributed by atoms with E-state index in [0.717, 1.165) is 18.6 Å². The van der Waals surface area contributed by atoms with E-state index in [0.29, 0.717) is 23.0 Å². The first kappa shape index (κ1) is 15.3. The van der Waals surface area contributed by atoms with Crippen LogP contribution in [-0.2, 0) is 0 Å². The van der Waals surface area contributed by atoms with Gasteiger partial charge in [-0.05, 0) is 42.8 Å². The van der Waals surface area contributed by atoms with Gasteiger partial charge in [0, 0.05) is 16.8 Å². The SMILES string of the molecule is CCCCOc1ccc(C(=O)Nc2cc(Cl)ccn2)cc1. The minimum atomic E-state index is -0.232. The van der Waals surface area contributed by atoms with Crippen LogP contribution in [0.2, 0.25) is 5.02 Å². The number of rotatable bonds is 6. The Kier molecular flexibility index (Phi) is 5.58. The number of hydrogen-bond acceptors (Lipinski definition) is 3. The lowest BCUT2D eigenvalue weighted by molar-refractivity contribution is 0.102. The predicted molar refractivity (Wildman–Crippen MR) is 84.0 cm³/mol. The molecule has 0 aliphatic carbocycles. The van der Waals surface area contributed by atoms with Crippen molar-refractivity contribution in [2.45, 2.75) is 19.8 Å². The lowest BCUT2D eigenvalue weighted by atomic mass is 10.2. The van der Waals surface area contributed by atoms with E-state index >= 15 is 0 Å². The first-order valence-corrected chi connectivity index (χ1v) is 7.22. The highest BCUT2D eigenvalue weighted by molar-refractivity contribution is 6.30. The van der Waals surface area contributed by atoms with Crippen molar-refractivity contribution in [3.63, 3.8) is 0 Å². The summed E-state index contributed by atoms with van der Waals surface area (Å²) in [6.07, 6.45) is 3.65. The number of unbranched alkanes of at least 4 members (excludes halogenated alkanes) is 1. The Bertz CT molecular complexity index is 599. The van der Waals surface area contributed by atoms with E-state index in [1.807, 2.05) is 0 Å². The number of carbonyl (C=O) groups excluding carboxylic acids is 1. The molecule has 5 heteroatoms. The van der Waals surface area contributed by atoms with Crippen molar-refractivity contribution >= 4 is 23.3 Å². The number of hydrogen-bond donors (Lipinski definition) is 1. The van der Waals surface area contributed by atoms with Crippen LogP contribution in [0.5, 0.6) is 5.75 Å². The molecule has 0 bridgehead atoms. The quantitative estimate of drug-likeness (QED) is 0.815. The third-order valence-electron chi connectivity index (χ3n) is 2.85. The molecule has 1 N–H and O–H groups in total. The molecule has 0 aliphatic rings. The first-order chi connectivity index (χ1) is 10.2. The third-order valence-corrected chi connectivity index (χ3v) is 3.08. The van der Waals surface area contributed by atoms with Gasteiger partial charge in [0.2, 0.25) is 0 Å². The maximum Gasteiger partial charge on any atom is 0.256 e. The van der Waals surface area contributed by atoms with Gasteiger partial charge in [-0.1, -0.05) is 24.9 Å². The monoisotopic (exact) mass is 304 g/mol. The largest absolute Gasteiger partial charge is 0.494 e. The molecule has 0 saturated heterocycles. The molecule has 0 unspecified atom stereocenters. The number of amides is 1. The van der Waals surface area contributed by atoms with Crippen molar-refractivity contribution in [2.75, 3.05) is 11.9 Å². The van der Waals surface area contributed by atoms with Crippen molar-refractivity contribution in [3.8, 4) is 5.75 Å². The second-order valence-corrected chi connectivity index (χ2v) is 4.98.